The minimum atomic E-state index is 0.769. The van der Waals surface area contributed by atoms with Crippen LogP contribution in [0.5, 0.6) is 0 Å². The van der Waals surface area contributed by atoms with Crippen LogP contribution < -0.4 is 0 Å². The summed E-state index contributed by atoms with van der Waals surface area (Å²) in [6.07, 6.45) is 12.8. The second-order valence-corrected chi connectivity index (χ2v) is 9.57. The third-order valence-corrected chi connectivity index (χ3v) is 6.36. The number of rotatable bonds is 3. The van der Waals surface area contributed by atoms with E-state index in [1.807, 2.05) is 0 Å². The first kappa shape index (κ1) is 24.9. The lowest BCUT2D eigenvalue weighted by molar-refractivity contribution is 0.185. The van der Waals surface area contributed by atoms with Gasteiger partial charge < -0.3 is 14.7 Å². The summed E-state index contributed by atoms with van der Waals surface area (Å²) >= 11 is 0. The molecule has 3 heterocycles. The topological polar surface area (TPSA) is 9.72 Å². The van der Waals surface area contributed by atoms with Crippen LogP contribution >= 0.6 is 0 Å². The molecule has 3 aliphatic heterocycles. The Labute approximate surface area is 171 Å². The average Bonchev–Trinajstić information content (AvgIpc) is 2.71. The molecule has 0 aliphatic carbocycles. The van der Waals surface area contributed by atoms with E-state index in [9.17, 15) is 0 Å². The highest BCUT2D eigenvalue weighted by Gasteiger charge is 2.13. The molecule has 0 aromatic carbocycles. The van der Waals surface area contributed by atoms with Crippen LogP contribution in [0.1, 0.15) is 99.3 Å². The van der Waals surface area contributed by atoms with Gasteiger partial charge in [-0.15, -0.1) is 0 Å². The molecule has 3 fully saturated rings. The molecule has 0 N–H and O–H groups in total. The largest absolute Gasteiger partial charge is 0.301 e. The van der Waals surface area contributed by atoms with Crippen molar-refractivity contribution in [3.63, 3.8) is 0 Å². The van der Waals surface area contributed by atoms with Gasteiger partial charge in [0.05, 0.1) is 0 Å². The van der Waals surface area contributed by atoms with Crippen molar-refractivity contribution in [3.8, 4) is 0 Å². The third-order valence-electron chi connectivity index (χ3n) is 6.36. The highest BCUT2D eigenvalue weighted by Crippen LogP contribution is 2.12. The smallest absolute Gasteiger partial charge is 0.00385 e. The Balaban J connectivity index is 0.000000202. The standard InChI is InChI=1S/3C8H17N/c3*1-8(2)9-6-4-3-5-7-9/h3*8H,3-7H2,1-2H3. The first-order chi connectivity index (χ1) is 12.9. The molecule has 0 amide bonds. The molecule has 0 saturated carbocycles. The van der Waals surface area contributed by atoms with E-state index in [1.165, 1.54) is 97.1 Å². The van der Waals surface area contributed by atoms with Gasteiger partial charge in [0.1, 0.15) is 0 Å². The molecule has 0 spiro atoms. The second kappa shape index (κ2) is 14.8. The van der Waals surface area contributed by atoms with Gasteiger partial charge in [0, 0.05) is 18.1 Å². The van der Waals surface area contributed by atoms with Crippen molar-refractivity contribution in [2.45, 2.75) is 117 Å². The molecule has 3 saturated heterocycles. The maximum atomic E-state index is 2.56. The normalized spacial score (nSPS) is 23.0. The highest BCUT2D eigenvalue weighted by atomic mass is 15.2. The Morgan fingerprint density at radius 2 is 0.519 bits per heavy atom. The second-order valence-electron chi connectivity index (χ2n) is 9.57. The molecule has 0 bridgehead atoms. The Bertz CT molecular complexity index is 270. The summed E-state index contributed by atoms with van der Waals surface area (Å²) < 4.78 is 0. The minimum Gasteiger partial charge on any atom is -0.301 e. The van der Waals surface area contributed by atoms with Crippen LogP contribution in [-0.2, 0) is 0 Å². The molecular weight excluding hydrogens is 330 g/mol. The molecule has 3 rings (SSSR count). The van der Waals surface area contributed by atoms with Crippen LogP contribution in [0, 0.1) is 0 Å². The zero-order chi connectivity index (χ0) is 20.1. The Morgan fingerprint density at radius 1 is 0.333 bits per heavy atom. The zero-order valence-electron chi connectivity index (χ0n) is 19.7. The SMILES string of the molecule is CC(C)N1CCCCC1.CC(C)N1CCCCC1.CC(C)N1CCCCC1. The summed E-state index contributed by atoms with van der Waals surface area (Å²) in [5.74, 6) is 0. The molecule has 0 unspecified atom stereocenters. The van der Waals surface area contributed by atoms with Crippen LogP contribution in [0.25, 0.3) is 0 Å². The molecule has 0 radical (unpaired) electrons. The monoisotopic (exact) mass is 381 g/mol. The van der Waals surface area contributed by atoms with Gasteiger partial charge in [-0.2, -0.15) is 0 Å². The van der Waals surface area contributed by atoms with Crippen molar-refractivity contribution < 1.29 is 0 Å². The number of piperidine rings is 3. The quantitative estimate of drug-likeness (QED) is 0.626. The molecule has 0 aromatic heterocycles. The highest BCUT2D eigenvalue weighted by molar-refractivity contribution is 4.68. The van der Waals surface area contributed by atoms with Gasteiger partial charge in [-0.3, -0.25) is 0 Å². The number of likely N-dealkylation sites (tertiary alicyclic amines) is 3. The predicted molar refractivity (Wildman–Crippen MR) is 122 cm³/mol. The van der Waals surface area contributed by atoms with E-state index < -0.39 is 0 Å². The van der Waals surface area contributed by atoms with Crippen LogP contribution in [0.15, 0.2) is 0 Å². The molecule has 0 atom stereocenters. The van der Waals surface area contributed by atoms with Crippen LogP contribution in [0.2, 0.25) is 0 Å². The minimum absolute atomic E-state index is 0.769. The summed E-state index contributed by atoms with van der Waals surface area (Å²) in [6, 6.07) is 2.31. The Kier molecular flexibility index (Phi) is 13.7. The number of hydrogen-bond donors (Lipinski definition) is 0. The van der Waals surface area contributed by atoms with E-state index >= 15 is 0 Å². The van der Waals surface area contributed by atoms with Crippen molar-refractivity contribution >= 4 is 0 Å². The molecule has 27 heavy (non-hydrogen) atoms. The molecule has 3 nitrogen and oxygen atoms in total. The van der Waals surface area contributed by atoms with Gasteiger partial charge in [0.25, 0.3) is 0 Å². The molecule has 3 aliphatic rings. The van der Waals surface area contributed by atoms with E-state index in [1.54, 1.807) is 0 Å². The van der Waals surface area contributed by atoms with Gasteiger partial charge in [-0.05, 0) is 119 Å². The number of nitrogens with zero attached hydrogens (tertiary/aromatic N) is 3. The van der Waals surface area contributed by atoms with E-state index in [0.29, 0.717) is 0 Å². The van der Waals surface area contributed by atoms with Crippen LogP contribution in [-0.4, -0.2) is 72.1 Å². The summed E-state index contributed by atoms with van der Waals surface area (Å²) in [5, 5.41) is 0. The van der Waals surface area contributed by atoms with Crippen LogP contribution in [0.3, 0.4) is 0 Å². The van der Waals surface area contributed by atoms with Gasteiger partial charge in [-0.25, -0.2) is 0 Å². The molecular formula is C24H51N3. The van der Waals surface area contributed by atoms with Crippen LogP contribution in [0.4, 0.5) is 0 Å². The van der Waals surface area contributed by atoms with E-state index in [0.717, 1.165) is 18.1 Å². The van der Waals surface area contributed by atoms with E-state index in [-0.39, 0.29) is 0 Å². The molecule has 162 valence electrons. The Morgan fingerprint density at radius 3 is 0.630 bits per heavy atom. The van der Waals surface area contributed by atoms with Crippen molar-refractivity contribution in [2.24, 2.45) is 0 Å². The zero-order valence-corrected chi connectivity index (χ0v) is 19.7. The maximum Gasteiger partial charge on any atom is 0.00385 e. The fraction of sp³-hybridized carbons (Fsp3) is 1.00. The first-order valence-electron chi connectivity index (χ1n) is 12.1. The number of hydrogen-bond acceptors (Lipinski definition) is 3. The first-order valence-corrected chi connectivity index (χ1v) is 12.1. The lowest BCUT2D eigenvalue weighted by Gasteiger charge is -2.29. The van der Waals surface area contributed by atoms with E-state index in [4.69, 9.17) is 0 Å². The Hall–Kier alpha value is -0.120. The van der Waals surface area contributed by atoms with Crippen molar-refractivity contribution in [1.29, 1.82) is 0 Å². The van der Waals surface area contributed by atoms with Gasteiger partial charge in [0.2, 0.25) is 0 Å². The third kappa shape index (κ3) is 11.5. The predicted octanol–water partition coefficient (Wildman–Crippen LogP) is 5.64. The summed E-state index contributed by atoms with van der Waals surface area (Å²) in [6.45, 7) is 21.7. The van der Waals surface area contributed by atoms with E-state index in [2.05, 4.69) is 56.2 Å². The maximum absolute atomic E-state index is 2.56. The summed E-state index contributed by atoms with van der Waals surface area (Å²) in [7, 11) is 0. The molecule has 0 aromatic rings. The van der Waals surface area contributed by atoms with Crippen molar-refractivity contribution in [3.05, 3.63) is 0 Å². The van der Waals surface area contributed by atoms with Gasteiger partial charge in [0.15, 0.2) is 0 Å². The average molecular weight is 382 g/mol. The molecule has 3 heteroatoms. The lowest BCUT2D eigenvalue weighted by Crippen LogP contribution is -2.35. The van der Waals surface area contributed by atoms with Crippen molar-refractivity contribution in [1.82, 2.24) is 14.7 Å². The van der Waals surface area contributed by atoms with Crippen molar-refractivity contribution in [2.75, 3.05) is 39.3 Å². The summed E-state index contributed by atoms with van der Waals surface area (Å²) in [5.41, 5.74) is 0. The van der Waals surface area contributed by atoms with Gasteiger partial charge in [-0.1, -0.05) is 19.3 Å². The fourth-order valence-electron chi connectivity index (χ4n) is 4.30. The lowest BCUT2D eigenvalue weighted by atomic mass is 10.1. The fourth-order valence-corrected chi connectivity index (χ4v) is 4.30. The van der Waals surface area contributed by atoms with Gasteiger partial charge >= 0.3 is 0 Å². The summed E-state index contributed by atoms with van der Waals surface area (Å²) in [4.78, 5) is 7.68.